The van der Waals surface area contributed by atoms with Gasteiger partial charge in [0.1, 0.15) is 5.15 Å². The number of carbonyl (C=O) groups is 1. The van der Waals surface area contributed by atoms with E-state index in [1.807, 2.05) is 12.1 Å². The Labute approximate surface area is 104 Å². The van der Waals surface area contributed by atoms with Crippen LogP contribution in [0.3, 0.4) is 0 Å². The first kappa shape index (κ1) is 11.5. The van der Waals surface area contributed by atoms with Gasteiger partial charge in [-0.15, -0.1) is 0 Å². The van der Waals surface area contributed by atoms with E-state index in [2.05, 4.69) is 15.3 Å². The predicted octanol–water partition coefficient (Wildman–Crippen LogP) is 2.76. The molecule has 0 bridgehead atoms. The average Bonchev–Trinajstić information content (AvgIpc) is 2.29. The lowest BCUT2D eigenvalue weighted by atomic mass is 10.1. The van der Waals surface area contributed by atoms with Crippen LogP contribution < -0.4 is 5.32 Å². The van der Waals surface area contributed by atoms with E-state index >= 15 is 0 Å². The lowest BCUT2D eigenvalue weighted by Crippen LogP contribution is -2.05. The quantitative estimate of drug-likeness (QED) is 0.888. The highest BCUT2D eigenvalue weighted by Crippen LogP contribution is 2.20. The van der Waals surface area contributed by atoms with Gasteiger partial charge in [-0.2, -0.15) is 0 Å². The predicted molar refractivity (Wildman–Crippen MR) is 66.8 cm³/mol. The van der Waals surface area contributed by atoms with E-state index in [1.54, 1.807) is 18.3 Å². The fraction of sp³-hybridized carbons (Fsp3) is 0.0833. The molecule has 4 nitrogen and oxygen atoms in total. The minimum Gasteiger partial charge on any atom is -0.326 e. The molecule has 0 fully saturated rings. The highest BCUT2D eigenvalue weighted by Gasteiger charge is 2.01. The zero-order valence-electron chi connectivity index (χ0n) is 9.14. The van der Waals surface area contributed by atoms with E-state index in [0.29, 0.717) is 10.8 Å². The van der Waals surface area contributed by atoms with Crippen molar-refractivity contribution in [3.8, 4) is 11.3 Å². The summed E-state index contributed by atoms with van der Waals surface area (Å²) in [7, 11) is 0. The maximum absolute atomic E-state index is 10.9. The third kappa shape index (κ3) is 3.01. The van der Waals surface area contributed by atoms with Crippen LogP contribution in [0.1, 0.15) is 6.92 Å². The third-order valence-corrected chi connectivity index (χ3v) is 2.29. The first-order valence-electron chi connectivity index (χ1n) is 5.01. The number of anilines is 1. The summed E-state index contributed by atoms with van der Waals surface area (Å²) in [5, 5.41) is 3.05. The van der Waals surface area contributed by atoms with Crippen molar-refractivity contribution in [2.24, 2.45) is 0 Å². The normalized spacial score (nSPS) is 10.0. The minimum atomic E-state index is -0.0969. The van der Waals surface area contributed by atoms with Gasteiger partial charge in [0.15, 0.2) is 0 Å². The van der Waals surface area contributed by atoms with Crippen molar-refractivity contribution in [3.63, 3.8) is 0 Å². The molecule has 0 unspecified atom stereocenters. The summed E-state index contributed by atoms with van der Waals surface area (Å²) in [5.74, 6) is -0.0969. The Morgan fingerprint density at radius 1 is 1.24 bits per heavy atom. The highest BCUT2D eigenvalue weighted by atomic mass is 35.5. The van der Waals surface area contributed by atoms with Gasteiger partial charge in [0, 0.05) is 18.2 Å². The summed E-state index contributed by atoms with van der Waals surface area (Å²) >= 11 is 5.76. The van der Waals surface area contributed by atoms with Crippen molar-refractivity contribution in [1.29, 1.82) is 0 Å². The van der Waals surface area contributed by atoms with Crippen LogP contribution in [0.5, 0.6) is 0 Å². The van der Waals surface area contributed by atoms with Crippen LogP contribution in [0.4, 0.5) is 5.69 Å². The van der Waals surface area contributed by atoms with Crippen LogP contribution in [0, 0.1) is 0 Å². The van der Waals surface area contributed by atoms with Crippen molar-refractivity contribution in [3.05, 3.63) is 41.8 Å². The fourth-order valence-electron chi connectivity index (χ4n) is 1.41. The molecule has 0 radical (unpaired) electrons. The number of halogens is 1. The van der Waals surface area contributed by atoms with Crippen LogP contribution in [0.25, 0.3) is 11.3 Å². The molecule has 1 N–H and O–H groups in total. The smallest absolute Gasteiger partial charge is 0.221 e. The van der Waals surface area contributed by atoms with Gasteiger partial charge in [-0.3, -0.25) is 9.78 Å². The summed E-state index contributed by atoms with van der Waals surface area (Å²) in [6.45, 7) is 1.47. The molecule has 1 aromatic carbocycles. The van der Waals surface area contributed by atoms with Crippen LogP contribution in [-0.4, -0.2) is 15.9 Å². The Morgan fingerprint density at radius 2 is 1.94 bits per heavy atom. The molecule has 0 spiro atoms. The molecule has 0 atom stereocenters. The topological polar surface area (TPSA) is 54.9 Å². The number of benzene rings is 1. The van der Waals surface area contributed by atoms with Gasteiger partial charge in [0.05, 0.1) is 18.1 Å². The van der Waals surface area contributed by atoms with E-state index < -0.39 is 0 Å². The minimum absolute atomic E-state index is 0.0969. The van der Waals surface area contributed by atoms with Crippen LogP contribution >= 0.6 is 11.6 Å². The molecule has 5 heteroatoms. The SMILES string of the molecule is CC(=O)Nc1ccc(-c2cncc(Cl)n2)cc1. The molecule has 1 aromatic heterocycles. The first-order valence-corrected chi connectivity index (χ1v) is 5.38. The van der Waals surface area contributed by atoms with E-state index in [4.69, 9.17) is 11.6 Å². The van der Waals surface area contributed by atoms with Gasteiger partial charge in [-0.1, -0.05) is 23.7 Å². The lowest BCUT2D eigenvalue weighted by Gasteiger charge is -2.04. The van der Waals surface area contributed by atoms with E-state index in [-0.39, 0.29) is 5.91 Å². The number of amides is 1. The maximum Gasteiger partial charge on any atom is 0.221 e. The van der Waals surface area contributed by atoms with Crippen molar-refractivity contribution >= 4 is 23.2 Å². The van der Waals surface area contributed by atoms with E-state index in [1.165, 1.54) is 13.1 Å². The second-order valence-corrected chi connectivity index (χ2v) is 3.87. The Kier molecular flexibility index (Phi) is 3.35. The van der Waals surface area contributed by atoms with Crippen LogP contribution in [0.2, 0.25) is 5.15 Å². The molecule has 17 heavy (non-hydrogen) atoms. The van der Waals surface area contributed by atoms with Crippen LogP contribution in [-0.2, 0) is 4.79 Å². The molecule has 0 saturated carbocycles. The molecule has 0 aliphatic carbocycles. The monoisotopic (exact) mass is 247 g/mol. The fourth-order valence-corrected chi connectivity index (χ4v) is 1.56. The van der Waals surface area contributed by atoms with Crippen molar-refractivity contribution in [1.82, 2.24) is 9.97 Å². The molecule has 1 heterocycles. The van der Waals surface area contributed by atoms with Gasteiger partial charge in [0.2, 0.25) is 5.91 Å². The van der Waals surface area contributed by atoms with E-state index in [0.717, 1.165) is 11.3 Å². The number of nitrogens with zero attached hydrogens (tertiary/aromatic N) is 2. The van der Waals surface area contributed by atoms with Gasteiger partial charge < -0.3 is 5.32 Å². The number of carbonyl (C=O) groups excluding carboxylic acids is 1. The zero-order chi connectivity index (χ0) is 12.3. The summed E-state index contributed by atoms with van der Waals surface area (Å²) in [6.07, 6.45) is 3.12. The zero-order valence-corrected chi connectivity index (χ0v) is 9.90. The molecular weight excluding hydrogens is 238 g/mol. The second-order valence-electron chi connectivity index (χ2n) is 3.49. The molecular formula is C12H10ClN3O. The van der Waals surface area contributed by atoms with Crippen LogP contribution in [0.15, 0.2) is 36.7 Å². The molecule has 0 aliphatic rings. The van der Waals surface area contributed by atoms with E-state index in [9.17, 15) is 4.79 Å². The number of nitrogens with one attached hydrogen (secondary N) is 1. The molecule has 0 aliphatic heterocycles. The van der Waals surface area contributed by atoms with Gasteiger partial charge >= 0.3 is 0 Å². The lowest BCUT2D eigenvalue weighted by molar-refractivity contribution is -0.114. The average molecular weight is 248 g/mol. The molecule has 86 valence electrons. The second kappa shape index (κ2) is 4.93. The Bertz CT molecular complexity index is 540. The maximum atomic E-state index is 10.9. The number of rotatable bonds is 2. The van der Waals surface area contributed by atoms with Gasteiger partial charge in [0.25, 0.3) is 0 Å². The molecule has 1 amide bonds. The summed E-state index contributed by atoms with van der Waals surface area (Å²) in [4.78, 5) is 19.0. The number of aromatic nitrogens is 2. The van der Waals surface area contributed by atoms with Crippen molar-refractivity contribution in [2.75, 3.05) is 5.32 Å². The molecule has 2 aromatic rings. The Morgan fingerprint density at radius 3 is 2.53 bits per heavy atom. The largest absolute Gasteiger partial charge is 0.326 e. The third-order valence-electron chi connectivity index (χ3n) is 2.11. The number of hydrogen-bond donors (Lipinski definition) is 1. The van der Waals surface area contributed by atoms with Gasteiger partial charge in [-0.25, -0.2) is 4.98 Å². The summed E-state index contributed by atoms with van der Waals surface area (Å²) in [6, 6.07) is 7.32. The van der Waals surface area contributed by atoms with Crippen molar-refractivity contribution in [2.45, 2.75) is 6.92 Å². The molecule has 0 saturated heterocycles. The standard InChI is InChI=1S/C12H10ClN3O/c1-8(17)15-10-4-2-9(3-5-10)11-6-14-7-12(13)16-11/h2-7H,1H3,(H,15,17). The summed E-state index contributed by atoms with van der Waals surface area (Å²) < 4.78 is 0. The number of hydrogen-bond acceptors (Lipinski definition) is 3. The van der Waals surface area contributed by atoms with Gasteiger partial charge in [-0.05, 0) is 12.1 Å². The summed E-state index contributed by atoms with van der Waals surface area (Å²) in [5.41, 5.74) is 2.34. The Balaban J connectivity index is 2.26. The van der Waals surface area contributed by atoms with Crippen molar-refractivity contribution < 1.29 is 4.79 Å². The molecule has 2 rings (SSSR count). The highest BCUT2D eigenvalue weighted by molar-refractivity contribution is 6.29. The Hall–Kier alpha value is -1.94. The first-order chi connectivity index (χ1) is 8.15.